The summed E-state index contributed by atoms with van der Waals surface area (Å²) in [5, 5.41) is 11.1. The Morgan fingerprint density at radius 2 is 2.09 bits per heavy atom. The van der Waals surface area contributed by atoms with Crippen molar-refractivity contribution < 1.29 is 28.6 Å². The van der Waals surface area contributed by atoms with Crippen LogP contribution in [0.5, 0.6) is 0 Å². The van der Waals surface area contributed by atoms with Crippen LogP contribution < -0.4 is 5.32 Å². The van der Waals surface area contributed by atoms with Crippen molar-refractivity contribution in [3.8, 4) is 0 Å². The van der Waals surface area contributed by atoms with E-state index in [2.05, 4.69) is 5.32 Å². The lowest BCUT2D eigenvalue weighted by molar-refractivity contribution is -0.136. The van der Waals surface area contributed by atoms with Crippen LogP contribution in [0, 0.1) is 5.82 Å². The quantitative estimate of drug-likeness (QED) is 0.679. The third kappa shape index (κ3) is 6.19. The summed E-state index contributed by atoms with van der Waals surface area (Å²) in [7, 11) is 0. The lowest BCUT2D eigenvalue weighted by Crippen LogP contribution is -2.29. The van der Waals surface area contributed by atoms with Gasteiger partial charge in [0.2, 0.25) is 0 Å². The van der Waals surface area contributed by atoms with E-state index in [4.69, 9.17) is 14.6 Å². The predicted molar refractivity (Wildman–Crippen MR) is 78.3 cm³/mol. The molecule has 7 heteroatoms. The lowest BCUT2D eigenvalue weighted by atomic mass is 10.1. The van der Waals surface area contributed by atoms with Crippen molar-refractivity contribution in [2.45, 2.75) is 26.4 Å². The van der Waals surface area contributed by atoms with E-state index in [0.29, 0.717) is 13.2 Å². The van der Waals surface area contributed by atoms with E-state index >= 15 is 0 Å². The molecule has 6 nitrogen and oxygen atoms in total. The van der Waals surface area contributed by atoms with E-state index in [1.54, 1.807) is 6.92 Å². The van der Waals surface area contributed by atoms with Gasteiger partial charge in [0.25, 0.3) is 5.91 Å². The molecule has 0 aliphatic heterocycles. The largest absolute Gasteiger partial charge is 0.481 e. The average Bonchev–Trinajstić information content (AvgIpc) is 2.46. The summed E-state index contributed by atoms with van der Waals surface area (Å²) in [6.45, 7) is 4.70. The van der Waals surface area contributed by atoms with E-state index in [9.17, 15) is 14.0 Å². The Morgan fingerprint density at radius 1 is 1.36 bits per heavy atom. The van der Waals surface area contributed by atoms with Crippen LogP contribution in [0.15, 0.2) is 18.2 Å². The summed E-state index contributed by atoms with van der Waals surface area (Å²) in [6.07, 6.45) is -1.11. The van der Waals surface area contributed by atoms with Gasteiger partial charge in [0.15, 0.2) is 0 Å². The third-order valence-corrected chi connectivity index (χ3v) is 2.83. The first-order valence-electron chi connectivity index (χ1n) is 6.94. The molecule has 0 heterocycles. The van der Waals surface area contributed by atoms with Gasteiger partial charge in [-0.25, -0.2) is 4.39 Å². The number of carboxylic acids is 1. The number of hydrogen-bond donors (Lipinski definition) is 2. The van der Waals surface area contributed by atoms with Crippen LogP contribution in [0.25, 0.3) is 0 Å². The highest BCUT2D eigenvalue weighted by molar-refractivity contribution is 5.93. The fourth-order valence-corrected chi connectivity index (χ4v) is 1.68. The third-order valence-electron chi connectivity index (χ3n) is 2.83. The average molecular weight is 313 g/mol. The van der Waals surface area contributed by atoms with E-state index in [1.165, 1.54) is 12.1 Å². The number of carbonyl (C=O) groups is 2. The highest BCUT2D eigenvalue weighted by Gasteiger charge is 2.14. The smallest absolute Gasteiger partial charge is 0.307 e. The molecule has 1 atom stereocenters. The van der Waals surface area contributed by atoms with Crippen LogP contribution in [0.1, 0.15) is 19.4 Å². The number of hydrogen-bond acceptors (Lipinski definition) is 4. The topological polar surface area (TPSA) is 84.9 Å². The minimum atomic E-state index is -1.12. The molecular formula is C15H20FNO5. The van der Waals surface area contributed by atoms with Crippen LogP contribution in [0.3, 0.4) is 0 Å². The van der Waals surface area contributed by atoms with Crippen LogP contribution in [0.2, 0.25) is 0 Å². The van der Waals surface area contributed by atoms with Gasteiger partial charge in [-0.15, -0.1) is 0 Å². The molecule has 1 aromatic carbocycles. The first-order valence-corrected chi connectivity index (χ1v) is 6.94. The number of benzene rings is 1. The number of ether oxygens (including phenoxy) is 2. The number of nitrogens with one attached hydrogen (secondary N) is 1. The minimum Gasteiger partial charge on any atom is -0.481 e. The van der Waals surface area contributed by atoms with Gasteiger partial charge in [0.1, 0.15) is 11.9 Å². The molecule has 1 unspecified atom stereocenters. The van der Waals surface area contributed by atoms with E-state index < -0.39 is 30.2 Å². The summed E-state index contributed by atoms with van der Waals surface area (Å²) >= 11 is 0. The van der Waals surface area contributed by atoms with E-state index in [-0.39, 0.29) is 17.9 Å². The van der Waals surface area contributed by atoms with Crippen molar-refractivity contribution in [3.63, 3.8) is 0 Å². The maximum absolute atomic E-state index is 13.7. The molecule has 0 saturated heterocycles. The van der Waals surface area contributed by atoms with Gasteiger partial charge in [-0.1, -0.05) is 6.07 Å². The number of rotatable bonds is 9. The van der Waals surface area contributed by atoms with E-state index in [1.807, 2.05) is 6.92 Å². The molecule has 0 bridgehead atoms. The zero-order valence-corrected chi connectivity index (χ0v) is 12.6. The number of anilines is 1. The van der Waals surface area contributed by atoms with Gasteiger partial charge in [-0.2, -0.15) is 0 Å². The fraction of sp³-hybridized carbons (Fsp3) is 0.467. The summed E-state index contributed by atoms with van der Waals surface area (Å²) in [4.78, 5) is 22.4. The second kappa shape index (κ2) is 9.11. The Balaban J connectivity index is 2.53. The molecule has 1 aromatic rings. The second-order valence-electron chi connectivity index (χ2n) is 4.58. The van der Waals surface area contributed by atoms with Crippen molar-refractivity contribution >= 4 is 17.6 Å². The highest BCUT2D eigenvalue weighted by atomic mass is 19.1. The molecule has 0 aromatic heterocycles. The van der Waals surface area contributed by atoms with Gasteiger partial charge in [-0.05, 0) is 31.5 Å². The molecule has 0 aliphatic carbocycles. The zero-order valence-electron chi connectivity index (χ0n) is 12.6. The van der Waals surface area contributed by atoms with Gasteiger partial charge in [0, 0.05) is 12.3 Å². The molecule has 0 radical (unpaired) electrons. The minimum absolute atomic E-state index is 0.0616. The molecule has 122 valence electrons. The zero-order chi connectivity index (χ0) is 16.5. The summed E-state index contributed by atoms with van der Waals surface area (Å²) in [5.41, 5.74) is 0.309. The Bertz CT molecular complexity index is 521. The normalized spacial score (nSPS) is 12.0. The maximum Gasteiger partial charge on any atom is 0.307 e. The Morgan fingerprint density at radius 3 is 2.68 bits per heavy atom. The van der Waals surface area contributed by atoms with Crippen molar-refractivity contribution in [3.05, 3.63) is 29.6 Å². The Labute approximate surface area is 128 Å². The molecule has 22 heavy (non-hydrogen) atoms. The van der Waals surface area contributed by atoms with Crippen LogP contribution in [0.4, 0.5) is 10.1 Å². The molecule has 0 spiro atoms. The summed E-state index contributed by atoms with van der Waals surface area (Å²) in [6, 6.07) is 3.87. The number of amides is 1. The molecular weight excluding hydrogens is 293 g/mol. The molecule has 0 fully saturated rings. The van der Waals surface area contributed by atoms with Gasteiger partial charge < -0.3 is 19.9 Å². The first-order chi connectivity index (χ1) is 10.4. The molecule has 0 saturated carbocycles. The molecule has 1 amide bonds. The first kappa shape index (κ1) is 18.1. The lowest BCUT2D eigenvalue weighted by Gasteiger charge is -2.13. The number of aliphatic carboxylic acids is 1. The van der Waals surface area contributed by atoms with Crippen molar-refractivity contribution in [1.29, 1.82) is 0 Å². The van der Waals surface area contributed by atoms with Gasteiger partial charge >= 0.3 is 5.97 Å². The molecule has 1 rings (SSSR count). The van der Waals surface area contributed by atoms with Gasteiger partial charge in [-0.3, -0.25) is 9.59 Å². The fourth-order valence-electron chi connectivity index (χ4n) is 1.68. The number of carbonyl (C=O) groups excluding carboxylic acids is 1. The maximum atomic E-state index is 13.7. The summed E-state index contributed by atoms with van der Waals surface area (Å²) < 4.78 is 24.1. The van der Waals surface area contributed by atoms with Gasteiger partial charge in [0.05, 0.1) is 19.6 Å². The molecule has 2 N–H and O–H groups in total. The van der Waals surface area contributed by atoms with Crippen LogP contribution >= 0.6 is 0 Å². The highest BCUT2D eigenvalue weighted by Crippen LogP contribution is 2.15. The monoisotopic (exact) mass is 313 g/mol. The second-order valence-corrected chi connectivity index (χ2v) is 4.58. The van der Waals surface area contributed by atoms with Crippen molar-refractivity contribution in [2.24, 2.45) is 0 Å². The summed E-state index contributed by atoms with van der Waals surface area (Å²) in [5.74, 6) is -2.21. The Hall–Kier alpha value is -1.99. The van der Waals surface area contributed by atoms with Crippen molar-refractivity contribution in [2.75, 3.05) is 25.1 Å². The number of halogens is 1. The number of carboxylic acid groups (broad SMARTS) is 1. The van der Waals surface area contributed by atoms with Crippen molar-refractivity contribution in [1.82, 2.24) is 0 Å². The predicted octanol–water partition coefficient (Wildman–Crippen LogP) is 1.83. The molecule has 0 aliphatic rings. The van der Waals surface area contributed by atoms with E-state index in [0.717, 1.165) is 6.07 Å². The SMILES string of the molecule is CCOCCOC(C)C(=O)Nc1ccc(CC(=O)O)c(F)c1. The Kier molecular flexibility index (Phi) is 7.48. The van der Waals surface area contributed by atoms with Crippen LogP contribution in [-0.2, 0) is 25.5 Å². The standard InChI is InChI=1S/C15H20FNO5/c1-3-21-6-7-22-10(2)15(20)17-12-5-4-11(8-14(18)19)13(16)9-12/h4-5,9-10H,3,6-8H2,1-2H3,(H,17,20)(H,18,19). The van der Waals surface area contributed by atoms with Crippen LogP contribution in [-0.4, -0.2) is 42.9 Å².